The van der Waals surface area contributed by atoms with Gasteiger partial charge in [0, 0.05) is 17.5 Å². The highest BCUT2D eigenvalue weighted by molar-refractivity contribution is 7.09. The van der Waals surface area contributed by atoms with Crippen LogP contribution in [-0.2, 0) is 11.3 Å². The van der Waals surface area contributed by atoms with Crippen LogP contribution < -0.4 is 5.32 Å². The second kappa shape index (κ2) is 6.48. The van der Waals surface area contributed by atoms with Crippen LogP contribution in [0.25, 0.3) is 0 Å². The molecule has 3 nitrogen and oxygen atoms in total. The molecule has 0 aliphatic carbocycles. The van der Waals surface area contributed by atoms with Crippen molar-refractivity contribution in [2.24, 2.45) is 0 Å². The molecule has 1 atom stereocenters. The summed E-state index contributed by atoms with van der Waals surface area (Å²) in [6.07, 6.45) is 0.508. The van der Waals surface area contributed by atoms with E-state index < -0.39 is 0 Å². The van der Waals surface area contributed by atoms with E-state index in [1.807, 2.05) is 30.5 Å². The lowest BCUT2D eigenvalue weighted by Gasteiger charge is -2.11. The topological polar surface area (TPSA) is 42.0 Å². The van der Waals surface area contributed by atoms with Crippen molar-refractivity contribution in [2.75, 3.05) is 0 Å². The third kappa shape index (κ3) is 4.17. The number of hydrogen-bond donors (Lipinski definition) is 1. The number of aromatic nitrogens is 1. The minimum absolute atomic E-state index is 0.0733. The van der Waals surface area contributed by atoms with Crippen LogP contribution in [0.4, 0.5) is 0 Å². The van der Waals surface area contributed by atoms with Crippen molar-refractivity contribution < 1.29 is 4.79 Å². The first-order valence-electron chi connectivity index (χ1n) is 6.38. The molecule has 0 unspecified atom stereocenters. The van der Waals surface area contributed by atoms with Crippen molar-refractivity contribution in [3.63, 3.8) is 0 Å². The fraction of sp³-hybridized carbons (Fsp3) is 0.333. The molecule has 0 aliphatic rings. The predicted octanol–water partition coefficient (Wildman–Crippen LogP) is 3.26. The van der Waals surface area contributed by atoms with Crippen LogP contribution in [0, 0.1) is 6.92 Å². The van der Waals surface area contributed by atoms with Gasteiger partial charge < -0.3 is 5.32 Å². The standard InChI is InChI=1S/C15H18N2OS/c1-11(13-6-4-3-5-7-13)8-14(18)16-9-15-17-12(2)10-19-15/h3-7,10-11H,8-9H2,1-2H3,(H,16,18)/t11-/m1/s1. The van der Waals surface area contributed by atoms with Crippen LogP contribution >= 0.6 is 11.3 Å². The van der Waals surface area contributed by atoms with Gasteiger partial charge in [-0.3, -0.25) is 4.79 Å². The summed E-state index contributed by atoms with van der Waals surface area (Å²) in [5.74, 6) is 0.309. The number of thiazole rings is 1. The van der Waals surface area contributed by atoms with Gasteiger partial charge in [-0.2, -0.15) is 0 Å². The fourth-order valence-electron chi connectivity index (χ4n) is 1.91. The third-order valence-electron chi connectivity index (χ3n) is 2.96. The van der Waals surface area contributed by atoms with Gasteiger partial charge in [-0.05, 0) is 18.4 Å². The van der Waals surface area contributed by atoms with Gasteiger partial charge in [0.05, 0.1) is 6.54 Å². The van der Waals surface area contributed by atoms with Crippen molar-refractivity contribution in [1.82, 2.24) is 10.3 Å². The van der Waals surface area contributed by atoms with Crippen molar-refractivity contribution in [3.8, 4) is 0 Å². The first-order chi connectivity index (χ1) is 9.15. The number of benzene rings is 1. The molecule has 1 heterocycles. The van der Waals surface area contributed by atoms with E-state index >= 15 is 0 Å². The molecule has 2 rings (SSSR count). The Kier molecular flexibility index (Phi) is 4.68. The van der Waals surface area contributed by atoms with E-state index in [9.17, 15) is 4.79 Å². The number of rotatable bonds is 5. The number of carbonyl (C=O) groups excluding carboxylic acids is 1. The van der Waals surface area contributed by atoms with Crippen molar-refractivity contribution in [3.05, 3.63) is 52.0 Å². The van der Waals surface area contributed by atoms with E-state index in [0.717, 1.165) is 10.7 Å². The zero-order chi connectivity index (χ0) is 13.7. The molecule has 19 heavy (non-hydrogen) atoms. The molecular weight excluding hydrogens is 256 g/mol. The van der Waals surface area contributed by atoms with E-state index in [0.29, 0.717) is 13.0 Å². The molecule has 0 fully saturated rings. The molecule has 2 aromatic rings. The van der Waals surface area contributed by atoms with Gasteiger partial charge in [-0.1, -0.05) is 37.3 Å². The first-order valence-corrected chi connectivity index (χ1v) is 7.26. The maximum absolute atomic E-state index is 11.9. The highest BCUT2D eigenvalue weighted by atomic mass is 32.1. The van der Waals surface area contributed by atoms with E-state index in [4.69, 9.17) is 0 Å². The molecule has 0 saturated heterocycles. The van der Waals surface area contributed by atoms with E-state index in [1.165, 1.54) is 5.56 Å². The number of aryl methyl sites for hydroxylation is 1. The summed E-state index contributed by atoms with van der Waals surface area (Å²) in [4.78, 5) is 16.2. The minimum atomic E-state index is 0.0733. The number of amides is 1. The molecule has 1 amide bonds. The minimum Gasteiger partial charge on any atom is -0.350 e. The Balaban J connectivity index is 1.81. The smallest absolute Gasteiger partial charge is 0.220 e. The van der Waals surface area contributed by atoms with Crippen LogP contribution in [0.2, 0.25) is 0 Å². The molecule has 1 N–H and O–H groups in total. The Hall–Kier alpha value is -1.68. The van der Waals surface area contributed by atoms with Crippen LogP contribution in [0.1, 0.15) is 35.5 Å². The van der Waals surface area contributed by atoms with Gasteiger partial charge in [-0.15, -0.1) is 11.3 Å². The highest BCUT2D eigenvalue weighted by Gasteiger charge is 2.11. The number of nitrogens with one attached hydrogen (secondary N) is 1. The molecule has 100 valence electrons. The molecule has 1 aromatic carbocycles. The van der Waals surface area contributed by atoms with Gasteiger partial charge >= 0.3 is 0 Å². The largest absolute Gasteiger partial charge is 0.350 e. The maximum atomic E-state index is 11.9. The molecular formula is C15H18N2OS. The average Bonchev–Trinajstić information content (AvgIpc) is 2.83. The lowest BCUT2D eigenvalue weighted by atomic mass is 9.98. The lowest BCUT2D eigenvalue weighted by molar-refractivity contribution is -0.121. The second-order valence-corrected chi connectivity index (χ2v) is 5.62. The lowest BCUT2D eigenvalue weighted by Crippen LogP contribution is -2.24. The van der Waals surface area contributed by atoms with Gasteiger partial charge in [0.2, 0.25) is 5.91 Å². The molecule has 0 radical (unpaired) electrons. The summed E-state index contributed by atoms with van der Waals surface area (Å²) in [5.41, 5.74) is 2.20. The van der Waals surface area contributed by atoms with Crippen LogP contribution in [-0.4, -0.2) is 10.9 Å². The SMILES string of the molecule is Cc1csc(CNC(=O)C[C@@H](C)c2ccccc2)n1. The molecule has 4 heteroatoms. The summed E-state index contributed by atoms with van der Waals surface area (Å²) in [6.45, 7) is 4.56. The maximum Gasteiger partial charge on any atom is 0.220 e. The predicted molar refractivity (Wildman–Crippen MR) is 78.2 cm³/mol. The first kappa shape index (κ1) is 13.7. The number of carbonyl (C=O) groups is 1. The normalized spacial score (nSPS) is 12.1. The van der Waals surface area contributed by atoms with Crippen molar-refractivity contribution in [1.29, 1.82) is 0 Å². The van der Waals surface area contributed by atoms with Gasteiger partial charge in [-0.25, -0.2) is 4.98 Å². The summed E-state index contributed by atoms with van der Waals surface area (Å²) in [5, 5.41) is 5.87. The van der Waals surface area contributed by atoms with Crippen LogP contribution in [0.3, 0.4) is 0 Å². The van der Waals surface area contributed by atoms with Gasteiger partial charge in [0.1, 0.15) is 5.01 Å². The quantitative estimate of drug-likeness (QED) is 0.909. The monoisotopic (exact) mass is 274 g/mol. The van der Waals surface area contributed by atoms with Gasteiger partial charge in [0.25, 0.3) is 0 Å². The molecule has 0 aliphatic heterocycles. The van der Waals surface area contributed by atoms with Crippen molar-refractivity contribution >= 4 is 17.2 Å². The van der Waals surface area contributed by atoms with Gasteiger partial charge in [0.15, 0.2) is 0 Å². The summed E-state index contributed by atoms with van der Waals surface area (Å²) in [6, 6.07) is 10.1. The van der Waals surface area contributed by atoms with E-state index in [2.05, 4.69) is 29.4 Å². The second-order valence-electron chi connectivity index (χ2n) is 4.68. The number of hydrogen-bond acceptors (Lipinski definition) is 3. The molecule has 0 saturated carbocycles. The van der Waals surface area contributed by atoms with E-state index in [1.54, 1.807) is 11.3 Å². The van der Waals surface area contributed by atoms with Crippen molar-refractivity contribution in [2.45, 2.75) is 32.7 Å². The molecule has 0 spiro atoms. The Morgan fingerprint density at radius 1 is 1.37 bits per heavy atom. The summed E-state index contributed by atoms with van der Waals surface area (Å²) >= 11 is 1.58. The summed E-state index contributed by atoms with van der Waals surface area (Å²) in [7, 11) is 0. The molecule has 1 aromatic heterocycles. The highest BCUT2D eigenvalue weighted by Crippen LogP contribution is 2.18. The van der Waals surface area contributed by atoms with E-state index in [-0.39, 0.29) is 11.8 Å². The van der Waals surface area contributed by atoms with Crippen LogP contribution in [0.5, 0.6) is 0 Å². The Labute approximate surface area is 117 Å². The Morgan fingerprint density at radius 3 is 2.74 bits per heavy atom. The zero-order valence-corrected chi connectivity index (χ0v) is 12.0. The fourth-order valence-corrected chi connectivity index (χ4v) is 2.62. The Bertz CT molecular complexity index is 536. The average molecular weight is 274 g/mol. The molecule has 0 bridgehead atoms. The zero-order valence-electron chi connectivity index (χ0n) is 11.2. The Morgan fingerprint density at radius 2 is 2.11 bits per heavy atom. The summed E-state index contributed by atoms with van der Waals surface area (Å²) < 4.78 is 0. The number of nitrogens with zero attached hydrogens (tertiary/aromatic N) is 1. The van der Waals surface area contributed by atoms with Crippen LogP contribution in [0.15, 0.2) is 35.7 Å². The third-order valence-corrected chi connectivity index (χ3v) is 3.93.